The Kier molecular flexibility index (Phi) is 2.72. The van der Waals surface area contributed by atoms with E-state index in [0.29, 0.717) is 6.04 Å². The smallest absolute Gasteiger partial charge is 0.0859 e. The third kappa shape index (κ3) is 1.80. The summed E-state index contributed by atoms with van der Waals surface area (Å²) < 4.78 is 2.14. The van der Waals surface area contributed by atoms with Crippen LogP contribution in [0.5, 0.6) is 0 Å². The third-order valence-electron chi connectivity index (χ3n) is 4.77. The van der Waals surface area contributed by atoms with Crippen molar-refractivity contribution in [1.29, 1.82) is 0 Å². The molecule has 0 spiro atoms. The summed E-state index contributed by atoms with van der Waals surface area (Å²) in [5.74, 6) is 3.01. The maximum atomic E-state index is 4.40. The van der Waals surface area contributed by atoms with Gasteiger partial charge in [0.1, 0.15) is 0 Å². The third-order valence-corrected chi connectivity index (χ3v) is 4.77. The topological polar surface area (TPSA) is 30.7 Å². The first-order valence-electron chi connectivity index (χ1n) is 7.15. The number of fused-ring (bicyclic) bond motifs is 2. The summed E-state index contributed by atoms with van der Waals surface area (Å²) in [6.45, 7) is 6.74. The van der Waals surface area contributed by atoms with Crippen LogP contribution in [0.25, 0.3) is 0 Å². The zero-order chi connectivity index (χ0) is 12.0. The van der Waals surface area contributed by atoms with Gasteiger partial charge in [-0.25, -0.2) is 4.68 Å². The van der Waals surface area contributed by atoms with Crippen LogP contribution < -0.4 is 0 Å². The summed E-state index contributed by atoms with van der Waals surface area (Å²) in [6.07, 6.45) is 6.41. The van der Waals surface area contributed by atoms with Crippen molar-refractivity contribution in [1.82, 2.24) is 15.0 Å². The molecule has 1 saturated carbocycles. The van der Waals surface area contributed by atoms with Gasteiger partial charge in [0.25, 0.3) is 0 Å². The average Bonchev–Trinajstić information content (AvgIpc) is 2.78. The van der Waals surface area contributed by atoms with Crippen molar-refractivity contribution in [2.45, 2.75) is 58.9 Å². The Morgan fingerprint density at radius 2 is 1.94 bits per heavy atom. The van der Waals surface area contributed by atoms with E-state index in [1.807, 2.05) is 0 Å². The molecule has 2 aliphatic rings. The Bertz CT molecular complexity index is 408. The molecule has 1 aromatic heterocycles. The first-order valence-corrected chi connectivity index (χ1v) is 7.15. The van der Waals surface area contributed by atoms with Gasteiger partial charge in [0, 0.05) is 6.04 Å². The number of nitrogens with zero attached hydrogens (tertiary/aromatic N) is 3. The zero-order valence-corrected chi connectivity index (χ0v) is 11.2. The highest BCUT2D eigenvalue weighted by Gasteiger charge is 2.48. The molecule has 0 N–H and O–H groups in total. The van der Waals surface area contributed by atoms with Crippen LogP contribution in [0.1, 0.15) is 57.5 Å². The zero-order valence-electron chi connectivity index (χ0n) is 11.2. The van der Waals surface area contributed by atoms with E-state index in [9.17, 15) is 0 Å². The molecule has 0 saturated heterocycles. The first-order chi connectivity index (χ1) is 8.22. The minimum atomic E-state index is 0.447. The monoisotopic (exact) mass is 233 g/mol. The quantitative estimate of drug-likeness (QED) is 0.786. The van der Waals surface area contributed by atoms with Gasteiger partial charge in [-0.15, -0.1) is 5.10 Å². The maximum Gasteiger partial charge on any atom is 0.0859 e. The van der Waals surface area contributed by atoms with Crippen LogP contribution in [0.2, 0.25) is 0 Å². The number of aryl methyl sites for hydroxylation is 1. The lowest BCUT2D eigenvalue weighted by atomic mass is 10.0. The lowest BCUT2D eigenvalue weighted by Crippen LogP contribution is -2.10. The fourth-order valence-corrected chi connectivity index (χ4v) is 3.81. The highest BCUT2D eigenvalue weighted by molar-refractivity contribution is 5.15. The van der Waals surface area contributed by atoms with Crippen LogP contribution in [0, 0.1) is 17.8 Å². The lowest BCUT2D eigenvalue weighted by Gasteiger charge is -2.12. The Balaban J connectivity index is 1.81. The maximum absolute atomic E-state index is 4.40. The normalized spacial score (nSPS) is 31.6. The first kappa shape index (κ1) is 11.2. The Morgan fingerprint density at radius 1 is 1.24 bits per heavy atom. The molecular weight excluding hydrogens is 210 g/mol. The van der Waals surface area contributed by atoms with E-state index in [1.54, 1.807) is 0 Å². The molecule has 1 fully saturated rings. The van der Waals surface area contributed by atoms with Gasteiger partial charge in [0.05, 0.1) is 11.4 Å². The Morgan fingerprint density at radius 3 is 2.59 bits per heavy atom. The average molecular weight is 233 g/mol. The summed E-state index contributed by atoms with van der Waals surface area (Å²) in [6, 6.07) is 0.447. The molecule has 0 aromatic carbocycles. The molecule has 1 unspecified atom stereocenters. The van der Waals surface area contributed by atoms with Crippen molar-refractivity contribution in [3.05, 3.63) is 11.4 Å². The number of aromatic nitrogens is 3. The summed E-state index contributed by atoms with van der Waals surface area (Å²) >= 11 is 0. The second-order valence-electron chi connectivity index (χ2n) is 6.00. The van der Waals surface area contributed by atoms with Gasteiger partial charge in [-0.3, -0.25) is 0 Å². The van der Waals surface area contributed by atoms with E-state index in [1.165, 1.54) is 37.1 Å². The van der Waals surface area contributed by atoms with Crippen molar-refractivity contribution < 1.29 is 0 Å². The van der Waals surface area contributed by atoms with E-state index in [-0.39, 0.29) is 0 Å². The summed E-state index contributed by atoms with van der Waals surface area (Å²) in [5, 5.41) is 8.72. The van der Waals surface area contributed by atoms with Crippen molar-refractivity contribution in [3.63, 3.8) is 0 Å². The van der Waals surface area contributed by atoms with Crippen LogP contribution in [0.4, 0.5) is 0 Å². The van der Waals surface area contributed by atoms with Gasteiger partial charge in [-0.05, 0) is 57.3 Å². The largest absolute Gasteiger partial charge is 0.247 e. The van der Waals surface area contributed by atoms with Crippen molar-refractivity contribution in [2.75, 3.05) is 0 Å². The standard InChI is InChI=1S/C14H23N3/c1-4-10-11-5-7-13-14(8-6-12(10)11)17(9(2)3)16-15-13/h9-12H,4-8H2,1-3H3/t10?,11-,12+/m1/s1. The minimum Gasteiger partial charge on any atom is -0.247 e. The van der Waals surface area contributed by atoms with Crippen LogP contribution in [-0.2, 0) is 12.8 Å². The van der Waals surface area contributed by atoms with E-state index >= 15 is 0 Å². The SMILES string of the molecule is CCC1[C@H]2CCc3nnn(C(C)C)c3CC[C@@H]12. The molecule has 3 heteroatoms. The summed E-state index contributed by atoms with van der Waals surface area (Å²) in [7, 11) is 0. The highest BCUT2D eigenvalue weighted by atomic mass is 15.4. The molecule has 3 atom stereocenters. The summed E-state index contributed by atoms with van der Waals surface area (Å²) in [4.78, 5) is 0. The van der Waals surface area contributed by atoms with Gasteiger partial charge in [0.15, 0.2) is 0 Å². The van der Waals surface area contributed by atoms with Crippen LogP contribution in [-0.4, -0.2) is 15.0 Å². The number of rotatable bonds is 2. The van der Waals surface area contributed by atoms with Crippen molar-refractivity contribution >= 4 is 0 Å². The molecule has 0 amide bonds. The molecule has 0 bridgehead atoms. The van der Waals surface area contributed by atoms with Crippen molar-refractivity contribution in [2.24, 2.45) is 17.8 Å². The molecule has 3 rings (SSSR count). The molecule has 2 aliphatic carbocycles. The van der Waals surface area contributed by atoms with Gasteiger partial charge >= 0.3 is 0 Å². The Hall–Kier alpha value is -0.860. The van der Waals surface area contributed by atoms with Gasteiger partial charge in [-0.2, -0.15) is 0 Å². The Labute approximate surface area is 104 Å². The van der Waals surface area contributed by atoms with Crippen LogP contribution in [0.3, 0.4) is 0 Å². The van der Waals surface area contributed by atoms with E-state index in [2.05, 4.69) is 35.8 Å². The number of hydrogen-bond acceptors (Lipinski definition) is 2. The second-order valence-corrected chi connectivity index (χ2v) is 6.00. The molecule has 1 heterocycles. The van der Waals surface area contributed by atoms with Gasteiger partial charge in [-0.1, -0.05) is 18.6 Å². The molecule has 0 aliphatic heterocycles. The van der Waals surface area contributed by atoms with Gasteiger partial charge in [0.2, 0.25) is 0 Å². The molecule has 0 radical (unpaired) electrons. The number of hydrogen-bond donors (Lipinski definition) is 0. The summed E-state index contributed by atoms with van der Waals surface area (Å²) in [5.41, 5.74) is 2.69. The fraction of sp³-hybridized carbons (Fsp3) is 0.857. The predicted molar refractivity (Wildman–Crippen MR) is 67.8 cm³/mol. The molecule has 1 aromatic rings. The highest BCUT2D eigenvalue weighted by Crippen LogP contribution is 2.54. The van der Waals surface area contributed by atoms with E-state index in [0.717, 1.165) is 24.2 Å². The second kappa shape index (κ2) is 4.11. The predicted octanol–water partition coefficient (Wildman–Crippen LogP) is 3.01. The minimum absolute atomic E-state index is 0.447. The molecule has 3 nitrogen and oxygen atoms in total. The van der Waals surface area contributed by atoms with Gasteiger partial charge < -0.3 is 0 Å². The van der Waals surface area contributed by atoms with Crippen molar-refractivity contribution in [3.8, 4) is 0 Å². The van der Waals surface area contributed by atoms with Crippen LogP contribution >= 0.6 is 0 Å². The molecule has 17 heavy (non-hydrogen) atoms. The van der Waals surface area contributed by atoms with E-state index < -0.39 is 0 Å². The molecular formula is C14H23N3. The molecule has 94 valence electrons. The van der Waals surface area contributed by atoms with Crippen LogP contribution in [0.15, 0.2) is 0 Å². The lowest BCUT2D eigenvalue weighted by molar-refractivity contribution is 0.481. The van der Waals surface area contributed by atoms with E-state index in [4.69, 9.17) is 0 Å². The fourth-order valence-electron chi connectivity index (χ4n) is 3.81.